The van der Waals surface area contributed by atoms with Crippen LogP contribution in [0.25, 0.3) is 0 Å². The van der Waals surface area contributed by atoms with Crippen molar-refractivity contribution in [3.05, 3.63) is 60.2 Å². The van der Waals surface area contributed by atoms with Gasteiger partial charge in [0.25, 0.3) is 0 Å². The van der Waals surface area contributed by atoms with Gasteiger partial charge in [-0.05, 0) is 24.3 Å². The average Bonchev–Trinajstić information content (AvgIpc) is 2.37. The van der Waals surface area contributed by atoms with Crippen molar-refractivity contribution in [3.63, 3.8) is 0 Å². The lowest BCUT2D eigenvalue weighted by molar-refractivity contribution is 0.287. The number of rotatable bonds is 4. The minimum Gasteiger partial charge on any atom is -0.491 e. The van der Waals surface area contributed by atoms with E-state index in [-0.39, 0.29) is 18.5 Å². The molecule has 0 amide bonds. The van der Waals surface area contributed by atoms with E-state index in [0.29, 0.717) is 5.75 Å². The van der Waals surface area contributed by atoms with Gasteiger partial charge in [-0.15, -0.1) is 0 Å². The number of halogens is 1. The summed E-state index contributed by atoms with van der Waals surface area (Å²) in [5.74, 6) is 0.144. The van der Waals surface area contributed by atoms with Gasteiger partial charge < -0.3 is 10.5 Å². The number of aromatic nitrogens is 1. The summed E-state index contributed by atoms with van der Waals surface area (Å²) in [5, 5.41) is 0. The summed E-state index contributed by atoms with van der Waals surface area (Å²) < 4.78 is 18.3. The number of hydrogen-bond donors (Lipinski definition) is 1. The van der Waals surface area contributed by atoms with E-state index >= 15 is 0 Å². The maximum Gasteiger partial charge on any atom is 0.126 e. The van der Waals surface area contributed by atoms with Gasteiger partial charge in [0.15, 0.2) is 0 Å². The zero-order chi connectivity index (χ0) is 12.1. The Hall–Kier alpha value is -1.94. The second kappa shape index (κ2) is 5.41. The molecule has 0 aliphatic heterocycles. The first-order chi connectivity index (χ1) is 8.25. The maximum absolute atomic E-state index is 12.9. The summed E-state index contributed by atoms with van der Waals surface area (Å²) in [6, 6.07) is 11.2. The van der Waals surface area contributed by atoms with Gasteiger partial charge in [0.05, 0.1) is 11.7 Å². The summed E-state index contributed by atoms with van der Waals surface area (Å²) >= 11 is 0. The van der Waals surface area contributed by atoms with Crippen molar-refractivity contribution in [2.24, 2.45) is 5.73 Å². The van der Waals surface area contributed by atoms with Crippen LogP contribution < -0.4 is 10.5 Å². The van der Waals surface area contributed by atoms with E-state index < -0.39 is 0 Å². The van der Waals surface area contributed by atoms with E-state index in [1.807, 2.05) is 18.2 Å². The maximum atomic E-state index is 12.9. The van der Waals surface area contributed by atoms with Gasteiger partial charge in [0.1, 0.15) is 18.2 Å². The third-order valence-electron chi connectivity index (χ3n) is 2.29. The predicted molar refractivity (Wildman–Crippen MR) is 63.1 cm³/mol. The monoisotopic (exact) mass is 232 g/mol. The third kappa shape index (κ3) is 3.26. The lowest BCUT2D eigenvalue weighted by Gasteiger charge is -2.12. The summed E-state index contributed by atoms with van der Waals surface area (Å²) in [4.78, 5) is 4.13. The molecule has 2 N–H and O–H groups in total. The zero-order valence-corrected chi connectivity index (χ0v) is 9.21. The van der Waals surface area contributed by atoms with Gasteiger partial charge in [0, 0.05) is 12.3 Å². The van der Waals surface area contributed by atoms with Gasteiger partial charge in [-0.3, -0.25) is 4.98 Å². The van der Waals surface area contributed by atoms with Crippen molar-refractivity contribution < 1.29 is 9.13 Å². The molecule has 2 aromatic rings. The van der Waals surface area contributed by atoms with Crippen LogP contribution in [0, 0.1) is 5.82 Å². The molecule has 17 heavy (non-hydrogen) atoms. The van der Waals surface area contributed by atoms with Gasteiger partial charge in [-0.1, -0.05) is 12.1 Å². The largest absolute Gasteiger partial charge is 0.491 e. The van der Waals surface area contributed by atoms with Crippen molar-refractivity contribution in [1.29, 1.82) is 0 Å². The molecule has 0 aliphatic carbocycles. The number of ether oxygens (including phenoxy) is 1. The highest BCUT2D eigenvalue weighted by molar-refractivity contribution is 5.22. The van der Waals surface area contributed by atoms with Crippen LogP contribution in [0.15, 0.2) is 48.7 Å². The van der Waals surface area contributed by atoms with E-state index in [4.69, 9.17) is 10.5 Å². The molecule has 0 radical (unpaired) electrons. The molecule has 1 heterocycles. The highest BCUT2D eigenvalue weighted by Gasteiger charge is 2.07. The minimum absolute atomic E-state index is 0.264. The van der Waals surface area contributed by atoms with Crippen LogP contribution in [0.2, 0.25) is 0 Å². The average molecular weight is 232 g/mol. The quantitative estimate of drug-likeness (QED) is 0.879. The standard InChI is InChI=1S/C13H13FN2O/c14-10-4-3-5-11(8-10)17-9-12(15)13-6-1-2-7-16-13/h1-8,12H,9,15H2. The van der Waals surface area contributed by atoms with E-state index in [1.165, 1.54) is 12.1 Å². The van der Waals surface area contributed by atoms with Crippen molar-refractivity contribution in [1.82, 2.24) is 4.98 Å². The summed E-state index contributed by atoms with van der Waals surface area (Å²) in [7, 11) is 0. The van der Waals surface area contributed by atoms with Gasteiger partial charge in [-0.2, -0.15) is 0 Å². The number of benzene rings is 1. The Bertz CT molecular complexity index is 476. The SMILES string of the molecule is NC(COc1cccc(F)c1)c1ccccn1. The summed E-state index contributed by atoms with van der Waals surface area (Å²) in [5.41, 5.74) is 6.65. The molecule has 0 spiro atoms. The van der Waals surface area contributed by atoms with Crippen LogP contribution in [-0.2, 0) is 0 Å². The molecule has 1 atom stereocenters. The van der Waals surface area contributed by atoms with Crippen molar-refractivity contribution in [2.45, 2.75) is 6.04 Å². The first-order valence-electron chi connectivity index (χ1n) is 5.30. The fraction of sp³-hybridized carbons (Fsp3) is 0.154. The number of nitrogens with two attached hydrogens (primary N) is 1. The van der Waals surface area contributed by atoms with E-state index in [2.05, 4.69) is 4.98 Å². The fourth-order valence-electron chi connectivity index (χ4n) is 1.42. The molecule has 0 bridgehead atoms. The topological polar surface area (TPSA) is 48.1 Å². The molecule has 2 rings (SSSR count). The van der Waals surface area contributed by atoms with Crippen LogP contribution in [0.5, 0.6) is 5.75 Å². The predicted octanol–water partition coefficient (Wildman–Crippen LogP) is 2.30. The van der Waals surface area contributed by atoms with Crippen LogP contribution >= 0.6 is 0 Å². The molecule has 4 heteroatoms. The van der Waals surface area contributed by atoms with Crippen LogP contribution in [0.3, 0.4) is 0 Å². The van der Waals surface area contributed by atoms with Gasteiger partial charge in [0.2, 0.25) is 0 Å². The second-order valence-electron chi connectivity index (χ2n) is 3.63. The number of pyridine rings is 1. The molecular weight excluding hydrogens is 219 g/mol. The Morgan fingerprint density at radius 1 is 1.24 bits per heavy atom. The van der Waals surface area contributed by atoms with Crippen molar-refractivity contribution >= 4 is 0 Å². The molecule has 0 fully saturated rings. The molecule has 1 unspecified atom stereocenters. The minimum atomic E-state index is -0.325. The highest BCUT2D eigenvalue weighted by atomic mass is 19.1. The summed E-state index contributed by atoms with van der Waals surface area (Å²) in [6.45, 7) is 0.264. The molecule has 1 aromatic heterocycles. The van der Waals surface area contributed by atoms with Crippen molar-refractivity contribution in [2.75, 3.05) is 6.61 Å². The van der Waals surface area contributed by atoms with Crippen LogP contribution in [0.1, 0.15) is 11.7 Å². The highest BCUT2D eigenvalue weighted by Crippen LogP contribution is 2.14. The Morgan fingerprint density at radius 2 is 2.12 bits per heavy atom. The van der Waals surface area contributed by atoms with Gasteiger partial charge in [-0.25, -0.2) is 4.39 Å². The molecule has 0 saturated carbocycles. The number of nitrogens with zero attached hydrogens (tertiary/aromatic N) is 1. The van der Waals surface area contributed by atoms with Crippen molar-refractivity contribution in [3.8, 4) is 5.75 Å². The lowest BCUT2D eigenvalue weighted by atomic mass is 10.2. The molecule has 88 valence electrons. The Morgan fingerprint density at radius 3 is 2.82 bits per heavy atom. The first kappa shape index (κ1) is 11.5. The van der Waals surface area contributed by atoms with E-state index in [1.54, 1.807) is 18.3 Å². The van der Waals surface area contributed by atoms with E-state index in [9.17, 15) is 4.39 Å². The lowest BCUT2D eigenvalue weighted by Crippen LogP contribution is -2.20. The first-order valence-corrected chi connectivity index (χ1v) is 5.30. The molecule has 0 aliphatic rings. The smallest absolute Gasteiger partial charge is 0.126 e. The van der Waals surface area contributed by atoms with Crippen LogP contribution in [0.4, 0.5) is 4.39 Å². The molecule has 0 saturated heterocycles. The Balaban J connectivity index is 1.95. The van der Waals surface area contributed by atoms with E-state index in [0.717, 1.165) is 5.69 Å². The molecule has 1 aromatic carbocycles. The number of hydrogen-bond acceptors (Lipinski definition) is 3. The summed E-state index contributed by atoms with van der Waals surface area (Å²) in [6.07, 6.45) is 1.68. The normalized spacial score (nSPS) is 12.1. The second-order valence-corrected chi connectivity index (χ2v) is 3.63. The molecular formula is C13H13FN2O. The fourth-order valence-corrected chi connectivity index (χ4v) is 1.42. The Labute approximate surface area is 99.1 Å². The molecule has 3 nitrogen and oxygen atoms in total. The zero-order valence-electron chi connectivity index (χ0n) is 9.21. The van der Waals surface area contributed by atoms with Crippen LogP contribution in [-0.4, -0.2) is 11.6 Å². The third-order valence-corrected chi connectivity index (χ3v) is 2.29. The Kier molecular flexibility index (Phi) is 3.67. The van der Waals surface area contributed by atoms with Gasteiger partial charge >= 0.3 is 0 Å².